The van der Waals surface area contributed by atoms with Crippen molar-refractivity contribution in [3.63, 3.8) is 0 Å². The van der Waals surface area contributed by atoms with Gasteiger partial charge in [-0.2, -0.15) is 0 Å². The van der Waals surface area contributed by atoms with Crippen LogP contribution in [0, 0.1) is 35.5 Å². The maximum atomic E-state index is 11.3. The molecule has 4 unspecified atom stereocenters. The first-order chi connectivity index (χ1) is 9.27. The van der Waals surface area contributed by atoms with Gasteiger partial charge < -0.3 is 20.4 Å². The Morgan fingerprint density at radius 1 is 0.550 bits per heavy atom. The number of fused-ring (bicyclic) bond motifs is 2. The van der Waals surface area contributed by atoms with E-state index in [1.807, 2.05) is 0 Å². The molecule has 4 N–H and O–H groups in total. The molecule has 108 valence electrons. The van der Waals surface area contributed by atoms with Crippen molar-refractivity contribution in [2.24, 2.45) is 35.5 Å². The third kappa shape index (κ3) is 1.84. The van der Waals surface area contributed by atoms with E-state index in [1.165, 1.54) is 12.2 Å². The normalized spacial score (nSPS) is 38.4. The van der Waals surface area contributed by atoms with Crippen LogP contribution in [0.1, 0.15) is 0 Å². The van der Waals surface area contributed by atoms with E-state index in [0.717, 1.165) is 0 Å². The molecule has 1 saturated carbocycles. The van der Waals surface area contributed by atoms with E-state index < -0.39 is 59.4 Å². The van der Waals surface area contributed by atoms with Crippen LogP contribution >= 0.6 is 0 Å². The highest BCUT2D eigenvalue weighted by molar-refractivity contribution is 5.88. The molecular weight excluding hydrogens is 272 g/mol. The summed E-state index contributed by atoms with van der Waals surface area (Å²) in [6, 6.07) is 0. The number of hydrogen-bond donors (Lipinski definition) is 4. The molecule has 0 aromatic rings. The second kappa shape index (κ2) is 4.62. The predicted octanol–water partition coefficient (Wildman–Crippen LogP) is -0.395. The van der Waals surface area contributed by atoms with Gasteiger partial charge in [-0.1, -0.05) is 12.2 Å². The van der Waals surface area contributed by atoms with E-state index in [-0.39, 0.29) is 0 Å². The van der Waals surface area contributed by atoms with Gasteiger partial charge in [0, 0.05) is 11.8 Å². The van der Waals surface area contributed by atoms with Crippen molar-refractivity contribution in [1.29, 1.82) is 0 Å². The fourth-order valence-corrected chi connectivity index (χ4v) is 3.41. The Balaban J connectivity index is 2.56. The van der Waals surface area contributed by atoms with Crippen LogP contribution in [-0.2, 0) is 19.2 Å². The maximum absolute atomic E-state index is 11.3. The molecule has 3 aliphatic carbocycles. The minimum atomic E-state index is -1.43. The van der Waals surface area contributed by atoms with E-state index in [4.69, 9.17) is 20.4 Å². The lowest BCUT2D eigenvalue weighted by atomic mass is 9.53. The molecule has 4 atom stereocenters. The predicted molar refractivity (Wildman–Crippen MR) is 60.6 cm³/mol. The summed E-state index contributed by atoms with van der Waals surface area (Å²) in [6.07, 6.45) is 2.64. The third-order valence-electron chi connectivity index (χ3n) is 4.13. The van der Waals surface area contributed by atoms with Crippen LogP contribution in [-0.4, -0.2) is 44.3 Å². The van der Waals surface area contributed by atoms with Crippen LogP contribution in [0.25, 0.3) is 0 Å². The minimum absolute atomic E-state index is 1.14. The lowest BCUT2D eigenvalue weighted by molar-refractivity contribution is -0.178. The first kappa shape index (κ1) is 14.0. The van der Waals surface area contributed by atoms with Gasteiger partial charge in [0.15, 0.2) is 0 Å². The number of carbonyl (C=O) groups is 4. The van der Waals surface area contributed by atoms with Crippen LogP contribution in [0.5, 0.6) is 0 Å². The molecule has 0 aromatic heterocycles. The van der Waals surface area contributed by atoms with Crippen molar-refractivity contribution < 1.29 is 39.6 Å². The Morgan fingerprint density at radius 2 is 0.750 bits per heavy atom. The summed E-state index contributed by atoms with van der Waals surface area (Å²) in [5, 5.41) is 36.7. The summed E-state index contributed by atoms with van der Waals surface area (Å²) in [6.45, 7) is 0. The third-order valence-corrected chi connectivity index (χ3v) is 4.13. The van der Waals surface area contributed by atoms with Crippen molar-refractivity contribution in [1.82, 2.24) is 0 Å². The highest BCUT2D eigenvalue weighted by atomic mass is 16.4. The maximum Gasteiger partial charge on any atom is 0.308 e. The summed E-state index contributed by atoms with van der Waals surface area (Å²) >= 11 is 0. The van der Waals surface area contributed by atoms with E-state index in [9.17, 15) is 19.2 Å². The van der Waals surface area contributed by atoms with Crippen molar-refractivity contribution in [2.75, 3.05) is 0 Å². The van der Waals surface area contributed by atoms with Gasteiger partial charge >= 0.3 is 23.9 Å². The molecule has 0 aromatic carbocycles. The van der Waals surface area contributed by atoms with E-state index in [1.54, 1.807) is 0 Å². The first-order valence-corrected chi connectivity index (χ1v) is 5.87. The number of allylic oxidation sites excluding steroid dienone is 2. The van der Waals surface area contributed by atoms with E-state index in [2.05, 4.69) is 0 Å². The number of carboxylic acids is 4. The Kier molecular flexibility index (Phi) is 3.24. The van der Waals surface area contributed by atoms with Gasteiger partial charge in [-0.15, -0.1) is 0 Å². The van der Waals surface area contributed by atoms with Crippen molar-refractivity contribution >= 4 is 23.9 Å². The standard InChI is InChI=1S/C12H12O8/c13-9(14)5-3-1-2-4(7(5)11(17)18)8(12(19)20)6(3)10(15)16/h1-8H,(H,13,14)(H,15,16)(H,17,18)(H,19,20). The molecule has 20 heavy (non-hydrogen) atoms. The minimum Gasteiger partial charge on any atom is -0.481 e. The highest BCUT2D eigenvalue weighted by Crippen LogP contribution is 2.51. The topological polar surface area (TPSA) is 149 Å². The average molecular weight is 284 g/mol. The fraction of sp³-hybridized carbons (Fsp3) is 0.500. The van der Waals surface area contributed by atoms with Gasteiger partial charge in [-0.05, 0) is 0 Å². The fourth-order valence-electron chi connectivity index (χ4n) is 3.41. The second-order valence-electron chi connectivity index (χ2n) is 5.00. The molecule has 3 rings (SSSR count). The van der Waals surface area contributed by atoms with E-state index >= 15 is 0 Å². The average Bonchev–Trinajstić information content (AvgIpc) is 2.36. The quantitative estimate of drug-likeness (QED) is 0.509. The molecular formula is C12H12O8. The molecule has 2 bridgehead atoms. The largest absolute Gasteiger partial charge is 0.481 e. The summed E-state index contributed by atoms with van der Waals surface area (Å²) in [7, 11) is 0. The number of hydrogen-bond acceptors (Lipinski definition) is 4. The number of rotatable bonds is 4. The van der Waals surface area contributed by atoms with Gasteiger partial charge in [0.2, 0.25) is 0 Å². The zero-order valence-electron chi connectivity index (χ0n) is 10.0. The molecule has 8 heteroatoms. The molecule has 1 fully saturated rings. The summed E-state index contributed by atoms with van der Waals surface area (Å²) in [4.78, 5) is 45.1. The molecule has 0 radical (unpaired) electrons. The Bertz CT molecular complexity index is 436. The van der Waals surface area contributed by atoms with Crippen molar-refractivity contribution in [2.45, 2.75) is 0 Å². The van der Waals surface area contributed by atoms with E-state index in [0.29, 0.717) is 0 Å². The van der Waals surface area contributed by atoms with Gasteiger partial charge in [0.05, 0.1) is 23.7 Å². The monoisotopic (exact) mass is 284 g/mol. The molecule has 0 aliphatic heterocycles. The van der Waals surface area contributed by atoms with Crippen molar-refractivity contribution in [3.05, 3.63) is 12.2 Å². The second-order valence-corrected chi connectivity index (χ2v) is 5.00. The van der Waals surface area contributed by atoms with Gasteiger partial charge in [0.25, 0.3) is 0 Å². The zero-order valence-corrected chi connectivity index (χ0v) is 10.0. The highest BCUT2D eigenvalue weighted by Gasteiger charge is 2.61. The Hall–Kier alpha value is -2.38. The lowest BCUT2D eigenvalue weighted by Crippen LogP contribution is -2.57. The van der Waals surface area contributed by atoms with Crippen LogP contribution < -0.4 is 0 Å². The molecule has 0 spiro atoms. The Morgan fingerprint density at radius 3 is 0.900 bits per heavy atom. The summed E-state index contributed by atoms with van der Waals surface area (Å²) in [5.41, 5.74) is 0. The molecule has 8 nitrogen and oxygen atoms in total. The van der Waals surface area contributed by atoms with Crippen LogP contribution in [0.15, 0.2) is 12.2 Å². The van der Waals surface area contributed by atoms with Gasteiger partial charge in [-0.3, -0.25) is 19.2 Å². The summed E-state index contributed by atoms with van der Waals surface area (Å²) in [5.74, 6) is -13.7. The molecule has 0 amide bonds. The molecule has 0 saturated heterocycles. The van der Waals surface area contributed by atoms with Crippen molar-refractivity contribution in [3.8, 4) is 0 Å². The first-order valence-electron chi connectivity index (χ1n) is 5.87. The smallest absolute Gasteiger partial charge is 0.308 e. The van der Waals surface area contributed by atoms with Gasteiger partial charge in [0.1, 0.15) is 0 Å². The van der Waals surface area contributed by atoms with Crippen LogP contribution in [0.2, 0.25) is 0 Å². The summed E-state index contributed by atoms with van der Waals surface area (Å²) < 4.78 is 0. The van der Waals surface area contributed by atoms with Crippen LogP contribution in [0.3, 0.4) is 0 Å². The zero-order chi connectivity index (χ0) is 15.2. The van der Waals surface area contributed by atoms with Gasteiger partial charge in [-0.25, -0.2) is 0 Å². The number of carboxylic acid groups (broad SMARTS) is 4. The Labute approximate surface area is 112 Å². The molecule has 3 aliphatic rings. The number of aliphatic carboxylic acids is 4. The lowest BCUT2D eigenvalue weighted by Gasteiger charge is -2.47. The van der Waals surface area contributed by atoms with Crippen LogP contribution in [0.4, 0.5) is 0 Å². The SMILES string of the molecule is O=C(O)C1C2C=CC(C1C(=O)O)C(C(=O)O)C2C(=O)O. The molecule has 0 heterocycles.